The fraction of sp³-hybridized carbons (Fsp3) is 0.318. The third-order valence-corrected chi connectivity index (χ3v) is 7.24. The molecule has 0 aromatic heterocycles. The molecule has 1 fully saturated rings. The lowest BCUT2D eigenvalue weighted by Gasteiger charge is -2.33. The Bertz CT molecular complexity index is 1010. The van der Waals surface area contributed by atoms with E-state index in [-0.39, 0.29) is 23.4 Å². The summed E-state index contributed by atoms with van der Waals surface area (Å²) in [6.45, 7) is 6.45. The van der Waals surface area contributed by atoms with Gasteiger partial charge >= 0.3 is 0 Å². The van der Waals surface area contributed by atoms with Gasteiger partial charge in [-0.1, -0.05) is 35.9 Å². The smallest absolute Gasteiger partial charge is 0.264 e. The molecular weight excluding hydrogens is 408 g/mol. The van der Waals surface area contributed by atoms with Crippen LogP contribution in [0.3, 0.4) is 0 Å². The maximum absolute atomic E-state index is 13.4. The molecule has 0 aliphatic carbocycles. The van der Waals surface area contributed by atoms with Crippen LogP contribution in [0.1, 0.15) is 36.5 Å². The monoisotopic (exact) mass is 432 g/mol. The van der Waals surface area contributed by atoms with E-state index in [2.05, 4.69) is 6.58 Å². The summed E-state index contributed by atoms with van der Waals surface area (Å²) < 4.78 is 28.0. The summed E-state index contributed by atoms with van der Waals surface area (Å²) in [5, 5.41) is 0.326. The van der Waals surface area contributed by atoms with Crippen LogP contribution in [0.4, 0.5) is 5.69 Å². The van der Waals surface area contributed by atoms with Crippen molar-refractivity contribution in [3.63, 3.8) is 0 Å². The van der Waals surface area contributed by atoms with Gasteiger partial charge in [-0.05, 0) is 56.5 Å². The molecule has 0 bridgehead atoms. The maximum atomic E-state index is 13.4. The molecule has 1 saturated heterocycles. The highest BCUT2D eigenvalue weighted by molar-refractivity contribution is 7.92. The molecule has 7 heteroatoms. The summed E-state index contributed by atoms with van der Waals surface area (Å²) in [4.78, 5) is 14.9. The second-order valence-electron chi connectivity index (χ2n) is 7.15. The number of hydrogen-bond donors (Lipinski definition) is 0. The minimum absolute atomic E-state index is 0.0507. The van der Waals surface area contributed by atoms with E-state index in [1.54, 1.807) is 36.4 Å². The van der Waals surface area contributed by atoms with Gasteiger partial charge in [0.15, 0.2) is 0 Å². The molecule has 1 amide bonds. The van der Waals surface area contributed by atoms with Crippen molar-refractivity contribution in [3.8, 4) is 0 Å². The largest absolute Gasteiger partial charge is 0.336 e. The topological polar surface area (TPSA) is 57.7 Å². The molecule has 1 aliphatic heterocycles. The minimum Gasteiger partial charge on any atom is -0.336 e. The summed E-state index contributed by atoms with van der Waals surface area (Å²) in [6.07, 6.45) is 4.54. The van der Waals surface area contributed by atoms with Gasteiger partial charge in [0.25, 0.3) is 15.9 Å². The lowest BCUT2D eigenvalue weighted by Crippen LogP contribution is -2.42. The van der Waals surface area contributed by atoms with Crippen LogP contribution in [0.5, 0.6) is 0 Å². The zero-order chi connectivity index (χ0) is 21.0. The van der Waals surface area contributed by atoms with E-state index < -0.39 is 10.0 Å². The lowest BCUT2D eigenvalue weighted by molar-refractivity contribution is 0.0635. The molecule has 5 nitrogen and oxygen atoms in total. The molecule has 0 saturated carbocycles. The molecule has 1 heterocycles. The number of nitrogens with zero attached hydrogens (tertiary/aromatic N) is 2. The Morgan fingerprint density at radius 1 is 1.24 bits per heavy atom. The molecule has 0 radical (unpaired) electrons. The number of carbonyl (C=O) groups is 1. The Hall–Kier alpha value is -2.31. The van der Waals surface area contributed by atoms with Gasteiger partial charge in [0.05, 0.1) is 22.2 Å². The van der Waals surface area contributed by atoms with E-state index in [0.29, 0.717) is 22.8 Å². The van der Waals surface area contributed by atoms with Crippen molar-refractivity contribution in [3.05, 3.63) is 71.8 Å². The van der Waals surface area contributed by atoms with E-state index in [1.807, 2.05) is 11.8 Å². The van der Waals surface area contributed by atoms with Gasteiger partial charge in [-0.3, -0.25) is 9.10 Å². The fourth-order valence-corrected chi connectivity index (χ4v) is 5.37. The molecule has 0 N–H and O–H groups in total. The molecular formula is C22H25ClN2O3S. The fourth-order valence-electron chi connectivity index (χ4n) is 3.58. The van der Waals surface area contributed by atoms with Gasteiger partial charge in [-0.15, -0.1) is 6.58 Å². The molecule has 0 spiro atoms. The first-order valence-electron chi connectivity index (χ1n) is 9.65. The normalized spacial score (nSPS) is 17.0. The first-order chi connectivity index (χ1) is 13.9. The number of hydrogen-bond acceptors (Lipinski definition) is 3. The van der Waals surface area contributed by atoms with Crippen LogP contribution in [-0.4, -0.2) is 38.4 Å². The second kappa shape index (κ2) is 9.01. The Kier molecular flexibility index (Phi) is 6.65. The van der Waals surface area contributed by atoms with Gasteiger partial charge in [-0.2, -0.15) is 0 Å². The Morgan fingerprint density at radius 2 is 2.00 bits per heavy atom. The lowest BCUT2D eigenvalue weighted by atomic mass is 10.0. The summed E-state index contributed by atoms with van der Waals surface area (Å²) in [6, 6.07) is 13.1. The predicted molar refractivity (Wildman–Crippen MR) is 117 cm³/mol. The molecule has 1 aliphatic rings. The van der Waals surface area contributed by atoms with Crippen LogP contribution >= 0.6 is 11.6 Å². The van der Waals surface area contributed by atoms with Crippen molar-refractivity contribution in [2.45, 2.75) is 37.1 Å². The Morgan fingerprint density at radius 3 is 2.69 bits per heavy atom. The van der Waals surface area contributed by atoms with Crippen LogP contribution in [-0.2, 0) is 10.0 Å². The zero-order valence-electron chi connectivity index (χ0n) is 16.4. The first kappa shape index (κ1) is 21.4. The molecule has 154 valence electrons. The third-order valence-electron chi connectivity index (χ3n) is 5.15. The SMILES string of the molecule is C=CCN(c1ccccc1Cl)S(=O)(=O)c1cccc(C(=O)N2CCCCC2C)c1. The van der Waals surface area contributed by atoms with E-state index in [9.17, 15) is 13.2 Å². The average Bonchev–Trinajstić information content (AvgIpc) is 2.72. The van der Waals surface area contributed by atoms with E-state index in [0.717, 1.165) is 19.3 Å². The summed E-state index contributed by atoms with van der Waals surface area (Å²) in [7, 11) is -3.93. The number of para-hydroxylation sites is 1. The second-order valence-corrected chi connectivity index (χ2v) is 9.42. The van der Waals surface area contributed by atoms with Gasteiger partial charge in [0.1, 0.15) is 0 Å². The standard InChI is InChI=1S/C22H25ClN2O3S/c1-3-14-25(21-13-5-4-12-20(21)23)29(27,28)19-11-8-10-18(16-19)22(26)24-15-7-6-9-17(24)2/h3-5,8,10-13,16-17H,1,6-7,9,14-15H2,2H3. The zero-order valence-corrected chi connectivity index (χ0v) is 18.0. The van der Waals surface area contributed by atoms with Crippen LogP contribution in [0.25, 0.3) is 0 Å². The number of amides is 1. The number of benzene rings is 2. The Labute approximate surface area is 177 Å². The van der Waals surface area contributed by atoms with Crippen LogP contribution in [0, 0.1) is 0 Å². The quantitative estimate of drug-likeness (QED) is 0.619. The van der Waals surface area contributed by atoms with Gasteiger partial charge < -0.3 is 4.90 Å². The number of carbonyl (C=O) groups excluding carboxylic acids is 1. The van der Waals surface area contributed by atoms with Crippen LogP contribution in [0.2, 0.25) is 5.02 Å². The highest BCUT2D eigenvalue weighted by Gasteiger charge is 2.28. The van der Waals surface area contributed by atoms with Gasteiger partial charge in [-0.25, -0.2) is 8.42 Å². The summed E-state index contributed by atoms with van der Waals surface area (Å²) in [5.41, 5.74) is 0.744. The molecule has 2 aromatic rings. The van der Waals surface area contributed by atoms with E-state index >= 15 is 0 Å². The van der Waals surface area contributed by atoms with Gasteiger partial charge in [0.2, 0.25) is 0 Å². The van der Waals surface area contributed by atoms with Crippen molar-refractivity contribution in [2.75, 3.05) is 17.4 Å². The van der Waals surface area contributed by atoms with Crippen molar-refractivity contribution in [1.82, 2.24) is 4.90 Å². The number of piperidine rings is 1. The highest BCUT2D eigenvalue weighted by atomic mass is 35.5. The van der Waals surface area contributed by atoms with Gasteiger partial charge in [0, 0.05) is 18.2 Å². The third kappa shape index (κ3) is 4.49. The molecule has 29 heavy (non-hydrogen) atoms. The number of likely N-dealkylation sites (tertiary alicyclic amines) is 1. The van der Waals surface area contributed by atoms with Crippen molar-refractivity contribution in [1.29, 1.82) is 0 Å². The highest BCUT2D eigenvalue weighted by Crippen LogP contribution is 2.31. The van der Waals surface area contributed by atoms with Crippen molar-refractivity contribution < 1.29 is 13.2 Å². The molecule has 1 unspecified atom stereocenters. The predicted octanol–water partition coefficient (Wildman–Crippen LogP) is 4.74. The summed E-state index contributed by atoms with van der Waals surface area (Å²) in [5.74, 6) is -0.137. The maximum Gasteiger partial charge on any atom is 0.264 e. The first-order valence-corrected chi connectivity index (χ1v) is 11.5. The minimum atomic E-state index is -3.93. The van der Waals surface area contributed by atoms with E-state index in [1.165, 1.54) is 22.5 Å². The number of halogens is 1. The molecule has 1 atom stereocenters. The number of anilines is 1. The van der Waals surface area contributed by atoms with Crippen LogP contribution in [0.15, 0.2) is 66.1 Å². The molecule has 2 aromatic carbocycles. The van der Waals surface area contributed by atoms with Crippen LogP contribution < -0.4 is 4.31 Å². The number of rotatable bonds is 6. The van der Waals surface area contributed by atoms with Crippen molar-refractivity contribution in [2.24, 2.45) is 0 Å². The molecule has 3 rings (SSSR count). The van der Waals surface area contributed by atoms with E-state index in [4.69, 9.17) is 11.6 Å². The summed E-state index contributed by atoms with van der Waals surface area (Å²) >= 11 is 6.25. The number of sulfonamides is 1. The van der Waals surface area contributed by atoms with Crippen molar-refractivity contribution >= 4 is 33.2 Å². The Balaban J connectivity index is 1.98. The average molecular weight is 433 g/mol.